The Hall–Kier alpha value is -0.0500. The second-order valence-corrected chi connectivity index (χ2v) is 7.95. The highest BCUT2D eigenvalue weighted by molar-refractivity contribution is 6.18. The molecule has 0 spiro atoms. The fourth-order valence-electron chi connectivity index (χ4n) is 4.07. The average Bonchev–Trinajstić information content (AvgIpc) is 3.00. The lowest BCUT2D eigenvalue weighted by molar-refractivity contribution is -0.0466. The van der Waals surface area contributed by atoms with Crippen LogP contribution in [0.1, 0.15) is 90.4 Å². The van der Waals surface area contributed by atoms with Gasteiger partial charge in [0.15, 0.2) is 6.29 Å². The van der Waals surface area contributed by atoms with Gasteiger partial charge in [-0.1, -0.05) is 51.2 Å². The van der Waals surface area contributed by atoms with E-state index in [0.717, 1.165) is 30.6 Å². The summed E-state index contributed by atoms with van der Waals surface area (Å²) in [4.78, 5) is 0. The zero-order chi connectivity index (χ0) is 17.6. The molecule has 2 N–H and O–H groups in total. The summed E-state index contributed by atoms with van der Waals surface area (Å²) in [6.07, 6.45) is 19.3. The molecule has 0 aromatic rings. The summed E-state index contributed by atoms with van der Waals surface area (Å²) in [5.41, 5.74) is 0. The Bertz CT molecular complexity index is 317. The van der Waals surface area contributed by atoms with Gasteiger partial charge in [-0.15, -0.1) is 11.6 Å². The molecule has 0 saturated heterocycles. The number of aliphatic hydroxyl groups excluding tert-OH is 1. The highest BCUT2D eigenvalue weighted by Gasteiger charge is 2.24. The molecule has 1 rings (SSSR count). The first kappa shape index (κ1) is 22.0. The maximum atomic E-state index is 8.84. The first-order chi connectivity index (χ1) is 11.7. The van der Waals surface area contributed by atoms with Gasteiger partial charge in [0.05, 0.1) is 0 Å². The molecular weight excluding hydrogens is 320 g/mol. The second-order valence-electron chi connectivity index (χ2n) is 7.64. The van der Waals surface area contributed by atoms with E-state index in [1.165, 1.54) is 64.2 Å². The standard InChI is InChI=1S/C21H39ClO2/c1-2-10-18(17-22)11-7-8-13-20-15-9-14-19(20)12-5-3-4-6-16-21(23)24/h8,13,18-21,23-24H,2-7,9-12,14-17H2,1H3/b13-8+/t18?,19-,20-/m0/s1. The van der Waals surface area contributed by atoms with Gasteiger partial charge in [0, 0.05) is 5.88 Å². The molecule has 24 heavy (non-hydrogen) atoms. The van der Waals surface area contributed by atoms with Crippen LogP contribution in [0.5, 0.6) is 0 Å². The van der Waals surface area contributed by atoms with Crippen LogP contribution < -0.4 is 0 Å². The van der Waals surface area contributed by atoms with Gasteiger partial charge in [-0.25, -0.2) is 0 Å². The molecule has 2 nitrogen and oxygen atoms in total. The van der Waals surface area contributed by atoms with Crippen LogP contribution in [0, 0.1) is 17.8 Å². The molecule has 1 unspecified atom stereocenters. The third-order valence-corrected chi connectivity index (χ3v) is 5.98. The molecule has 3 heteroatoms. The van der Waals surface area contributed by atoms with Crippen molar-refractivity contribution in [2.75, 3.05) is 5.88 Å². The number of hydrogen-bond acceptors (Lipinski definition) is 2. The van der Waals surface area contributed by atoms with Crippen LogP contribution in [0.2, 0.25) is 0 Å². The van der Waals surface area contributed by atoms with Crippen LogP contribution in [0.4, 0.5) is 0 Å². The van der Waals surface area contributed by atoms with Gasteiger partial charge in [-0.3, -0.25) is 0 Å². The largest absolute Gasteiger partial charge is 0.368 e. The van der Waals surface area contributed by atoms with E-state index in [1.807, 2.05) is 0 Å². The van der Waals surface area contributed by atoms with Gasteiger partial charge in [-0.2, -0.15) is 0 Å². The second kappa shape index (κ2) is 14.2. The molecule has 0 aliphatic heterocycles. The third kappa shape index (κ3) is 10.1. The monoisotopic (exact) mass is 358 g/mol. The number of hydrogen-bond donors (Lipinski definition) is 2. The quantitative estimate of drug-likeness (QED) is 0.172. The SMILES string of the molecule is CCCC(CCl)CC/C=C/[C@H]1CCC[C@@H]1CCCCCCC(O)O. The van der Waals surface area contributed by atoms with Crippen LogP contribution in [0.15, 0.2) is 12.2 Å². The van der Waals surface area contributed by atoms with Crippen LogP contribution in [0.25, 0.3) is 0 Å². The summed E-state index contributed by atoms with van der Waals surface area (Å²) in [5, 5.41) is 17.7. The van der Waals surface area contributed by atoms with Crippen molar-refractivity contribution in [1.29, 1.82) is 0 Å². The summed E-state index contributed by atoms with van der Waals surface area (Å²) in [5.74, 6) is 3.17. The van der Waals surface area contributed by atoms with Crippen molar-refractivity contribution >= 4 is 11.6 Å². The predicted octanol–water partition coefficient (Wildman–Crippen LogP) is 6.05. The minimum absolute atomic E-state index is 0.524. The smallest absolute Gasteiger partial charge is 0.151 e. The molecule has 0 bridgehead atoms. The van der Waals surface area contributed by atoms with E-state index in [4.69, 9.17) is 21.8 Å². The maximum Gasteiger partial charge on any atom is 0.151 e. The first-order valence-corrected chi connectivity index (χ1v) is 10.8. The number of rotatable bonds is 14. The fraction of sp³-hybridized carbons (Fsp3) is 0.905. The number of aliphatic hydroxyl groups is 2. The molecule has 0 heterocycles. The summed E-state index contributed by atoms with van der Waals surface area (Å²) in [6, 6.07) is 0. The minimum atomic E-state index is -1.12. The van der Waals surface area contributed by atoms with Gasteiger partial charge in [-0.05, 0) is 69.1 Å². The summed E-state index contributed by atoms with van der Waals surface area (Å²) >= 11 is 6.03. The highest BCUT2D eigenvalue weighted by Crippen LogP contribution is 2.36. The molecule has 3 atom stereocenters. The number of alkyl halides is 1. The molecule has 1 aliphatic carbocycles. The molecule has 0 radical (unpaired) electrons. The van der Waals surface area contributed by atoms with Crippen LogP contribution in [0.3, 0.4) is 0 Å². The Balaban J connectivity index is 2.14. The van der Waals surface area contributed by atoms with Crippen molar-refractivity contribution in [3.05, 3.63) is 12.2 Å². The van der Waals surface area contributed by atoms with Gasteiger partial charge in [0.2, 0.25) is 0 Å². The first-order valence-electron chi connectivity index (χ1n) is 10.3. The van der Waals surface area contributed by atoms with E-state index in [2.05, 4.69) is 19.1 Å². The van der Waals surface area contributed by atoms with E-state index >= 15 is 0 Å². The third-order valence-electron chi connectivity index (χ3n) is 5.55. The Morgan fingerprint density at radius 1 is 1.04 bits per heavy atom. The summed E-state index contributed by atoms with van der Waals surface area (Å²) < 4.78 is 0. The summed E-state index contributed by atoms with van der Waals surface area (Å²) in [7, 11) is 0. The van der Waals surface area contributed by atoms with Crippen LogP contribution in [-0.2, 0) is 0 Å². The zero-order valence-corrected chi connectivity index (χ0v) is 16.4. The van der Waals surface area contributed by atoms with Crippen LogP contribution >= 0.6 is 11.6 Å². The zero-order valence-electron chi connectivity index (χ0n) is 15.6. The number of unbranched alkanes of at least 4 members (excludes halogenated alkanes) is 3. The topological polar surface area (TPSA) is 40.5 Å². The molecular formula is C21H39ClO2. The van der Waals surface area contributed by atoms with Crippen molar-refractivity contribution < 1.29 is 10.2 Å². The van der Waals surface area contributed by atoms with Gasteiger partial charge < -0.3 is 10.2 Å². The van der Waals surface area contributed by atoms with Crippen molar-refractivity contribution in [2.24, 2.45) is 17.8 Å². The lowest BCUT2D eigenvalue weighted by Crippen LogP contribution is -2.06. The fourth-order valence-corrected chi connectivity index (χ4v) is 4.38. The van der Waals surface area contributed by atoms with E-state index in [0.29, 0.717) is 12.3 Å². The Morgan fingerprint density at radius 2 is 1.83 bits per heavy atom. The lowest BCUT2D eigenvalue weighted by atomic mass is 9.89. The van der Waals surface area contributed by atoms with Crippen molar-refractivity contribution in [3.63, 3.8) is 0 Å². The van der Waals surface area contributed by atoms with E-state index in [1.54, 1.807) is 0 Å². The van der Waals surface area contributed by atoms with Crippen molar-refractivity contribution in [3.8, 4) is 0 Å². The Kier molecular flexibility index (Phi) is 13.0. The number of allylic oxidation sites excluding steroid dienone is 2. The minimum Gasteiger partial charge on any atom is -0.368 e. The molecule has 1 aliphatic rings. The highest BCUT2D eigenvalue weighted by atomic mass is 35.5. The van der Waals surface area contributed by atoms with Crippen LogP contribution in [-0.4, -0.2) is 22.4 Å². The molecule has 0 aromatic carbocycles. The summed E-state index contributed by atoms with van der Waals surface area (Å²) in [6.45, 7) is 2.24. The molecule has 142 valence electrons. The van der Waals surface area contributed by atoms with Gasteiger partial charge in [0.1, 0.15) is 0 Å². The normalized spacial score (nSPS) is 22.7. The van der Waals surface area contributed by atoms with E-state index in [-0.39, 0.29) is 0 Å². The van der Waals surface area contributed by atoms with Gasteiger partial charge in [0.25, 0.3) is 0 Å². The van der Waals surface area contributed by atoms with Crippen molar-refractivity contribution in [2.45, 2.75) is 96.7 Å². The van der Waals surface area contributed by atoms with Gasteiger partial charge >= 0.3 is 0 Å². The predicted molar refractivity (Wildman–Crippen MR) is 104 cm³/mol. The van der Waals surface area contributed by atoms with E-state index < -0.39 is 6.29 Å². The Labute approximate surface area is 154 Å². The lowest BCUT2D eigenvalue weighted by Gasteiger charge is -2.16. The maximum absolute atomic E-state index is 8.84. The molecule has 1 saturated carbocycles. The van der Waals surface area contributed by atoms with Crippen molar-refractivity contribution in [1.82, 2.24) is 0 Å². The average molecular weight is 359 g/mol. The Morgan fingerprint density at radius 3 is 2.54 bits per heavy atom. The molecule has 0 amide bonds. The molecule has 1 fully saturated rings. The van der Waals surface area contributed by atoms with E-state index in [9.17, 15) is 0 Å². The molecule has 0 aromatic heterocycles. The number of halogens is 1.